The summed E-state index contributed by atoms with van der Waals surface area (Å²) >= 11 is 10.3. The number of halogens is 2. The highest BCUT2D eigenvalue weighted by molar-refractivity contribution is 9.11. The van der Waals surface area contributed by atoms with Crippen LogP contribution in [-0.2, 0) is 14.8 Å². The number of nitrogens with zero attached hydrogens (tertiary/aromatic N) is 1. The summed E-state index contributed by atoms with van der Waals surface area (Å²) in [5.41, 5.74) is -0.413. The first-order chi connectivity index (χ1) is 8.78. The van der Waals surface area contributed by atoms with Crippen LogP contribution in [0.1, 0.15) is 19.8 Å². The van der Waals surface area contributed by atoms with Crippen LogP contribution < -0.4 is 0 Å². The Bertz CT molecular complexity index is 555. The first-order valence-corrected chi connectivity index (χ1v) is 9.21. The van der Waals surface area contributed by atoms with Crippen LogP contribution in [0.25, 0.3) is 0 Å². The molecule has 1 aromatic rings. The van der Waals surface area contributed by atoms with Crippen LogP contribution in [0.4, 0.5) is 0 Å². The third-order valence-corrected chi connectivity index (χ3v) is 8.10. The Labute approximate surface area is 130 Å². The van der Waals surface area contributed by atoms with Gasteiger partial charge in [0.25, 0.3) is 10.0 Å². The van der Waals surface area contributed by atoms with Crippen molar-refractivity contribution in [3.05, 3.63) is 14.9 Å². The molecule has 108 valence electrons. The molecule has 0 aliphatic carbocycles. The number of thiophene rings is 1. The van der Waals surface area contributed by atoms with E-state index in [1.807, 2.05) is 6.92 Å². The van der Waals surface area contributed by atoms with Crippen LogP contribution >= 0.6 is 38.9 Å². The highest BCUT2D eigenvalue weighted by atomic mass is 79.9. The maximum Gasteiger partial charge on any atom is 0.252 e. The van der Waals surface area contributed by atoms with Crippen molar-refractivity contribution < 1.29 is 13.2 Å². The second-order valence-corrected chi connectivity index (χ2v) is 9.73. The fourth-order valence-electron chi connectivity index (χ4n) is 2.11. The zero-order valence-corrected chi connectivity index (χ0v) is 14.6. The molecule has 0 saturated carbocycles. The topological polar surface area (TPSA) is 46.6 Å². The summed E-state index contributed by atoms with van der Waals surface area (Å²) in [6.45, 7) is 2.83. The van der Waals surface area contributed by atoms with Crippen molar-refractivity contribution in [2.45, 2.75) is 29.6 Å². The number of hydrogen-bond donors (Lipinski definition) is 0. The normalized spacial score (nSPS) is 25.7. The van der Waals surface area contributed by atoms with E-state index in [1.54, 1.807) is 7.11 Å². The van der Waals surface area contributed by atoms with E-state index >= 15 is 0 Å². The van der Waals surface area contributed by atoms with Gasteiger partial charge in [0.1, 0.15) is 4.21 Å². The van der Waals surface area contributed by atoms with Crippen LogP contribution in [0.15, 0.2) is 14.1 Å². The number of hydrogen-bond acceptors (Lipinski definition) is 4. The summed E-state index contributed by atoms with van der Waals surface area (Å²) in [5, 5.41) is 0.426. The van der Waals surface area contributed by atoms with E-state index in [9.17, 15) is 8.42 Å². The minimum absolute atomic E-state index is 0.268. The van der Waals surface area contributed by atoms with E-state index in [0.717, 1.165) is 24.2 Å². The molecule has 4 nitrogen and oxygen atoms in total. The third-order valence-electron chi connectivity index (χ3n) is 3.33. The van der Waals surface area contributed by atoms with Gasteiger partial charge in [-0.05, 0) is 41.8 Å². The molecule has 0 radical (unpaired) electrons. The molecule has 0 spiro atoms. The number of methoxy groups -OCH3 is 1. The molecule has 2 rings (SSSR count). The van der Waals surface area contributed by atoms with Crippen molar-refractivity contribution >= 4 is 48.9 Å². The number of sulfonamides is 1. The van der Waals surface area contributed by atoms with Gasteiger partial charge < -0.3 is 4.74 Å². The van der Waals surface area contributed by atoms with Gasteiger partial charge in [-0.15, -0.1) is 11.3 Å². The Balaban J connectivity index is 2.29. The van der Waals surface area contributed by atoms with E-state index in [4.69, 9.17) is 16.3 Å². The Hall–Kier alpha value is 0.340. The third kappa shape index (κ3) is 3.16. The van der Waals surface area contributed by atoms with Gasteiger partial charge in [-0.1, -0.05) is 11.6 Å². The molecule has 19 heavy (non-hydrogen) atoms. The lowest BCUT2D eigenvalue weighted by Crippen LogP contribution is -2.49. The molecule has 1 atom stereocenters. The molecular formula is C11H15BrClNO3S2. The van der Waals surface area contributed by atoms with Gasteiger partial charge in [-0.3, -0.25) is 0 Å². The molecule has 1 aliphatic heterocycles. The van der Waals surface area contributed by atoms with Gasteiger partial charge in [0.05, 0.1) is 14.4 Å². The van der Waals surface area contributed by atoms with Gasteiger partial charge >= 0.3 is 0 Å². The van der Waals surface area contributed by atoms with Crippen molar-refractivity contribution in [3.8, 4) is 0 Å². The Morgan fingerprint density at radius 1 is 1.58 bits per heavy atom. The molecule has 0 aromatic carbocycles. The molecule has 0 bridgehead atoms. The number of ether oxygens (including phenoxy) is 1. The van der Waals surface area contributed by atoms with Crippen molar-refractivity contribution in [1.82, 2.24) is 4.31 Å². The fourth-order valence-corrected chi connectivity index (χ4v) is 6.26. The van der Waals surface area contributed by atoms with Crippen LogP contribution in [0.2, 0.25) is 5.02 Å². The zero-order valence-electron chi connectivity index (χ0n) is 10.7. The second kappa shape index (κ2) is 5.61. The smallest absolute Gasteiger partial charge is 0.252 e. The molecule has 1 aromatic heterocycles. The molecule has 8 heteroatoms. The number of rotatable bonds is 3. The Morgan fingerprint density at radius 3 is 2.79 bits per heavy atom. The highest BCUT2D eigenvalue weighted by Gasteiger charge is 2.37. The van der Waals surface area contributed by atoms with Gasteiger partial charge in [0.2, 0.25) is 0 Å². The predicted octanol–water partition coefficient (Wildman–Crippen LogP) is 3.35. The van der Waals surface area contributed by atoms with E-state index in [2.05, 4.69) is 15.9 Å². The first-order valence-electron chi connectivity index (χ1n) is 5.79. The average Bonchev–Trinajstić information content (AvgIpc) is 2.70. The fraction of sp³-hybridized carbons (Fsp3) is 0.636. The lowest BCUT2D eigenvalue weighted by molar-refractivity contribution is -0.0319. The largest absolute Gasteiger partial charge is 0.377 e. The van der Waals surface area contributed by atoms with Crippen molar-refractivity contribution in [1.29, 1.82) is 0 Å². The lowest BCUT2D eigenvalue weighted by Gasteiger charge is -2.38. The van der Waals surface area contributed by atoms with E-state index in [0.29, 0.717) is 21.9 Å². The van der Waals surface area contributed by atoms with Crippen molar-refractivity contribution in [2.24, 2.45) is 0 Å². The van der Waals surface area contributed by atoms with Crippen LogP contribution in [0, 0.1) is 0 Å². The van der Waals surface area contributed by atoms with Crippen molar-refractivity contribution in [3.63, 3.8) is 0 Å². The summed E-state index contributed by atoms with van der Waals surface area (Å²) in [6, 6.07) is 1.49. The Morgan fingerprint density at radius 2 is 2.26 bits per heavy atom. The second-order valence-electron chi connectivity index (χ2n) is 4.78. The molecular weight excluding hydrogens is 374 g/mol. The van der Waals surface area contributed by atoms with Gasteiger partial charge in [0.15, 0.2) is 0 Å². The summed E-state index contributed by atoms with van der Waals surface area (Å²) < 4.78 is 32.9. The molecule has 1 fully saturated rings. The molecule has 1 unspecified atom stereocenters. The maximum atomic E-state index is 12.6. The van der Waals surface area contributed by atoms with Crippen molar-refractivity contribution in [2.75, 3.05) is 20.2 Å². The first kappa shape index (κ1) is 15.7. The maximum absolute atomic E-state index is 12.6. The molecule has 0 N–H and O–H groups in total. The molecule has 0 amide bonds. The highest BCUT2D eigenvalue weighted by Crippen LogP contribution is 2.37. The molecule has 2 heterocycles. The Kier molecular flexibility index (Phi) is 4.65. The summed E-state index contributed by atoms with van der Waals surface area (Å²) in [4.78, 5) is 0. The van der Waals surface area contributed by atoms with Crippen LogP contribution in [0.5, 0.6) is 0 Å². The van der Waals surface area contributed by atoms with Crippen LogP contribution in [0.3, 0.4) is 0 Å². The van der Waals surface area contributed by atoms with Gasteiger partial charge in [0, 0.05) is 20.2 Å². The van der Waals surface area contributed by atoms with E-state index in [-0.39, 0.29) is 4.21 Å². The van der Waals surface area contributed by atoms with E-state index < -0.39 is 15.6 Å². The number of piperidine rings is 1. The quantitative estimate of drug-likeness (QED) is 0.797. The minimum atomic E-state index is -3.49. The predicted molar refractivity (Wildman–Crippen MR) is 80.4 cm³/mol. The summed E-state index contributed by atoms with van der Waals surface area (Å²) in [7, 11) is -1.87. The van der Waals surface area contributed by atoms with Gasteiger partial charge in [-0.25, -0.2) is 8.42 Å². The molecule has 1 saturated heterocycles. The molecule has 1 aliphatic rings. The van der Waals surface area contributed by atoms with Crippen LogP contribution in [-0.4, -0.2) is 38.5 Å². The van der Waals surface area contributed by atoms with E-state index in [1.165, 1.54) is 10.4 Å². The SMILES string of the molecule is COC1(C)CCCN(S(=O)(=O)c2cc(Cl)c(Br)s2)C1. The summed E-state index contributed by atoms with van der Waals surface area (Å²) in [5.74, 6) is 0. The van der Waals surface area contributed by atoms with Gasteiger partial charge in [-0.2, -0.15) is 4.31 Å². The standard InChI is InChI=1S/C11H15BrClNO3S2/c1-11(17-2)4-3-5-14(7-11)19(15,16)9-6-8(13)10(12)18-9/h6H,3-5,7H2,1-2H3. The summed E-state index contributed by atoms with van der Waals surface area (Å²) in [6.07, 6.45) is 1.66. The monoisotopic (exact) mass is 387 g/mol. The minimum Gasteiger partial charge on any atom is -0.377 e. The zero-order chi connectivity index (χ0) is 14.3. The average molecular weight is 389 g/mol. The lowest BCUT2D eigenvalue weighted by atomic mass is 9.96.